The van der Waals surface area contributed by atoms with Gasteiger partial charge in [-0.2, -0.15) is 0 Å². The number of hydrogen-bond donors (Lipinski definition) is 2. The Kier molecular flexibility index (Phi) is 4.53. The van der Waals surface area contributed by atoms with Crippen molar-refractivity contribution < 1.29 is 14.3 Å². The minimum absolute atomic E-state index is 0.00127. The molecule has 114 valence electrons. The fraction of sp³-hybridized carbons (Fsp3) is 0.562. The van der Waals surface area contributed by atoms with Crippen molar-refractivity contribution in [3.63, 3.8) is 0 Å². The lowest BCUT2D eigenvalue weighted by molar-refractivity contribution is -0.130. The predicted octanol–water partition coefficient (Wildman–Crippen LogP) is 1.01. The maximum Gasteiger partial charge on any atom is 0.240 e. The first-order valence-electron chi connectivity index (χ1n) is 7.57. The minimum atomic E-state index is -0.282. The monoisotopic (exact) mass is 290 g/mol. The summed E-state index contributed by atoms with van der Waals surface area (Å²) >= 11 is 0. The third kappa shape index (κ3) is 3.26. The molecule has 0 spiro atoms. The maximum absolute atomic E-state index is 12.4. The van der Waals surface area contributed by atoms with Crippen LogP contribution in [-0.4, -0.2) is 43.9 Å². The number of carbonyl (C=O) groups excluding carboxylic acids is 1. The Labute approximate surface area is 125 Å². The lowest BCUT2D eigenvalue weighted by Gasteiger charge is -2.31. The van der Waals surface area contributed by atoms with E-state index >= 15 is 0 Å². The number of hydrogen-bond acceptors (Lipinski definition) is 4. The van der Waals surface area contributed by atoms with Crippen LogP contribution in [0, 0.1) is 0 Å². The molecule has 5 nitrogen and oxygen atoms in total. The molecule has 0 aromatic heterocycles. The van der Waals surface area contributed by atoms with Gasteiger partial charge in [-0.05, 0) is 18.9 Å². The second kappa shape index (κ2) is 6.56. The molecule has 1 amide bonds. The minimum Gasteiger partial charge on any atom is -0.375 e. The molecule has 3 rings (SSSR count). The van der Waals surface area contributed by atoms with Crippen molar-refractivity contribution in [3.05, 3.63) is 35.9 Å². The molecule has 5 heteroatoms. The molecule has 0 radical (unpaired) electrons. The van der Waals surface area contributed by atoms with E-state index in [1.807, 2.05) is 37.3 Å². The number of carbonyl (C=O) groups is 1. The van der Waals surface area contributed by atoms with E-state index in [0.29, 0.717) is 19.8 Å². The molecule has 2 heterocycles. The first kappa shape index (κ1) is 14.5. The van der Waals surface area contributed by atoms with Crippen molar-refractivity contribution >= 4 is 5.91 Å². The third-order valence-corrected chi connectivity index (χ3v) is 4.15. The molecule has 2 saturated heterocycles. The Hall–Kier alpha value is -1.43. The van der Waals surface area contributed by atoms with Gasteiger partial charge in [-0.15, -0.1) is 0 Å². The first-order chi connectivity index (χ1) is 10.3. The van der Waals surface area contributed by atoms with E-state index in [-0.39, 0.29) is 30.2 Å². The number of morpholine rings is 1. The highest BCUT2D eigenvalue weighted by Crippen LogP contribution is 2.29. The largest absolute Gasteiger partial charge is 0.375 e. The number of ether oxygens (including phenoxy) is 2. The summed E-state index contributed by atoms with van der Waals surface area (Å²) in [5, 5.41) is 6.34. The predicted molar refractivity (Wildman–Crippen MR) is 78.9 cm³/mol. The van der Waals surface area contributed by atoms with E-state index in [9.17, 15) is 4.79 Å². The van der Waals surface area contributed by atoms with Gasteiger partial charge in [0.2, 0.25) is 5.91 Å². The maximum atomic E-state index is 12.4. The molecular formula is C16H22N2O3. The van der Waals surface area contributed by atoms with Crippen molar-refractivity contribution in [2.75, 3.05) is 19.8 Å². The fourth-order valence-electron chi connectivity index (χ4n) is 3.01. The highest BCUT2D eigenvalue weighted by Gasteiger charge is 2.35. The summed E-state index contributed by atoms with van der Waals surface area (Å²) in [6.45, 7) is 3.97. The molecule has 2 unspecified atom stereocenters. The smallest absolute Gasteiger partial charge is 0.240 e. The lowest BCUT2D eigenvalue weighted by Crippen LogP contribution is -2.57. The number of rotatable bonds is 3. The van der Waals surface area contributed by atoms with E-state index in [4.69, 9.17) is 9.47 Å². The zero-order valence-electron chi connectivity index (χ0n) is 12.2. The number of amides is 1. The van der Waals surface area contributed by atoms with Crippen molar-refractivity contribution in [3.8, 4) is 0 Å². The van der Waals surface area contributed by atoms with Crippen LogP contribution >= 0.6 is 0 Å². The van der Waals surface area contributed by atoms with Gasteiger partial charge in [-0.25, -0.2) is 0 Å². The van der Waals surface area contributed by atoms with Crippen LogP contribution in [0.15, 0.2) is 30.3 Å². The molecule has 0 bridgehead atoms. The standard InChI is InChI=1S/C16H22N2O3/c1-11-14(17-8-10-20-11)16(19)18-13-7-9-21-15(13)12-5-3-2-4-6-12/h2-6,11,13-15,17H,7-10H2,1H3,(H,18,19)/t11-,13?,14+,15?/m1/s1. The van der Waals surface area contributed by atoms with Crippen LogP contribution in [0.1, 0.15) is 25.0 Å². The SMILES string of the molecule is C[C@H]1OCCN[C@@H]1C(=O)NC1CCOC1c1ccccc1. The van der Waals surface area contributed by atoms with E-state index in [2.05, 4.69) is 10.6 Å². The molecule has 0 saturated carbocycles. The first-order valence-corrected chi connectivity index (χ1v) is 7.57. The van der Waals surface area contributed by atoms with Gasteiger partial charge in [0.25, 0.3) is 0 Å². The molecule has 1 aromatic rings. The normalized spacial score (nSPS) is 32.8. The Morgan fingerprint density at radius 3 is 2.81 bits per heavy atom. The summed E-state index contributed by atoms with van der Waals surface area (Å²) in [6, 6.07) is 9.80. The van der Waals surface area contributed by atoms with Gasteiger partial charge < -0.3 is 20.1 Å². The summed E-state index contributed by atoms with van der Waals surface area (Å²) in [5.74, 6) is -0.00127. The molecule has 21 heavy (non-hydrogen) atoms. The molecule has 2 aliphatic rings. The Morgan fingerprint density at radius 2 is 2.05 bits per heavy atom. The molecule has 4 atom stereocenters. The van der Waals surface area contributed by atoms with Gasteiger partial charge in [-0.3, -0.25) is 4.79 Å². The van der Waals surface area contributed by atoms with Gasteiger partial charge in [0.15, 0.2) is 0 Å². The molecule has 1 aromatic carbocycles. The van der Waals surface area contributed by atoms with Crippen molar-refractivity contribution in [1.82, 2.24) is 10.6 Å². The lowest BCUT2D eigenvalue weighted by atomic mass is 10.0. The highest BCUT2D eigenvalue weighted by molar-refractivity contribution is 5.82. The quantitative estimate of drug-likeness (QED) is 0.872. The van der Waals surface area contributed by atoms with Crippen LogP contribution in [0.4, 0.5) is 0 Å². The Morgan fingerprint density at radius 1 is 1.24 bits per heavy atom. The van der Waals surface area contributed by atoms with Gasteiger partial charge in [0, 0.05) is 13.2 Å². The van der Waals surface area contributed by atoms with Crippen LogP contribution in [0.5, 0.6) is 0 Å². The molecule has 2 fully saturated rings. The van der Waals surface area contributed by atoms with Crippen LogP contribution in [-0.2, 0) is 14.3 Å². The summed E-state index contributed by atoms with van der Waals surface area (Å²) < 4.78 is 11.3. The Balaban J connectivity index is 1.65. The summed E-state index contributed by atoms with van der Waals surface area (Å²) in [6.07, 6.45) is 0.680. The molecule has 2 aliphatic heterocycles. The summed E-state index contributed by atoms with van der Waals surface area (Å²) in [7, 11) is 0. The van der Waals surface area contributed by atoms with E-state index in [0.717, 1.165) is 12.0 Å². The van der Waals surface area contributed by atoms with Crippen LogP contribution in [0.3, 0.4) is 0 Å². The van der Waals surface area contributed by atoms with Gasteiger partial charge in [-0.1, -0.05) is 30.3 Å². The zero-order chi connectivity index (χ0) is 14.7. The summed E-state index contributed by atoms with van der Waals surface area (Å²) in [5.41, 5.74) is 1.11. The molecular weight excluding hydrogens is 268 g/mol. The Bertz CT molecular complexity index is 480. The highest BCUT2D eigenvalue weighted by atomic mass is 16.5. The van der Waals surface area contributed by atoms with Crippen molar-refractivity contribution in [2.45, 2.75) is 37.6 Å². The zero-order valence-corrected chi connectivity index (χ0v) is 12.2. The van der Waals surface area contributed by atoms with E-state index in [1.165, 1.54) is 0 Å². The van der Waals surface area contributed by atoms with Gasteiger partial charge in [0.05, 0.1) is 18.8 Å². The van der Waals surface area contributed by atoms with Crippen LogP contribution < -0.4 is 10.6 Å². The summed E-state index contributed by atoms with van der Waals surface area (Å²) in [4.78, 5) is 12.4. The third-order valence-electron chi connectivity index (χ3n) is 4.15. The van der Waals surface area contributed by atoms with Crippen LogP contribution in [0.2, 0.25) is 0 Å². The average molecular weight is 290 g/mol. The topological polar surface area (TPSA) is 59.6 Å². The van der Waals surface area contributed by atoms with E-state index in [1.54, 1.807) is 0 Å². The molecule has 2 N–H and O–H groups in total. The van der Waals surface area contributed by atoms with E-state index < -0.39 is 0 Å². The molecule has 0 aliphatic carbocycles. The van der Waals surface area contributed by atoms with Crippen LogP contribution in [0.25, 0.3) is 0 Å². The second-order valence-corrected chi connectivity index (χ2v) is 5.61. The number of nitrogens with one attached hydrogen (secondary N) is 2. The van der Waals surface area contributed by atoms with Gasteiger partial charge in [0.1, 0.15) is 12.1 Å². The average Bonchev–Trinajstić information content (AvgIpc) is 2.96. The fourth-order valence-corrected chi connectivity index (χ4v) is 3.01. The second-order valence-electron chi connectivity index (χ2n) is 5.61. The number of benzene rings is 1. The van der Waals surface area contributed by atoms with Crippen molar-refractivity contribution in [1.29, 1.82) is 0 Å². The van der Waals surface area contributed by atoms with Gasteiger partial charge >= 0.3 is 0 Å². The van der Waals surface area contributed by atoms with Crippen molar-refractivity contribution in [2.24, 2.45) is 0 Å².